The number of allylic oxidation sites excluding steroid dienone is 3. The van der Waals surface area contributed by atoms with E-state index in [1.54, 1.807) is 18.5 Å². The Hall–Kier alpha value is -3.70. The van der Waals surface area contributed by atoms with Gasteiger partial charge in [-0.25, -0.2) is 0 Å². The molecular formula is C28H32ClN5. The molecule has 5 nitrogen and oxygen atoms in total. The molecule has 0 aliphatic carbocycles. The quantitative estimate of drug-likeness (QED) is 0.250. The van der Waals surface area contributed by atoms with Crippen LogP contribution in [0.3, 0.4) is 0 Å². The summed E-state index contributed by atoms with van der Waals surface area (Å²) in [7, 11) is 1.99. The lowest BCUT2D eigenvalue weighted by Crippen LogP contribution is -2.17. The van der Waals surface area contributed by atoms with E-state index in [-0.39, 0.29) is 0 Å². The maximum absolute atomic E-state index is 7.03. The van der Waals surface area contributed by atoms with Crippen LogP contribution in [-0.2, 0) is 6.42 Å². The predicted octanol–water partition coefficient (Wildman–Crippen LogP) is 7.31. The highest BCUT2D eigenvalue weighted by atomic mass is 35.5. The first-order valence-electron chi connectivity index (χ1n) is 10.9. The Morgan fingerprint density at radius 3 is 2.47 bits per heavy atom. The van der Waals surface area contributed by atoms with Crippen LogP contribution in [0, 0.1) is 5.41 Å². The van der Waals surface area contributed by atoms with Crippen LogP contribution in [0.5, 0.6) is 0 Å². The van der Waals surface area contributed by atoms with Crippen molar-refractivity contribution in [1.29, 1.82) is 5.41 Å². The van der Waals surface area contributed by atoms with Gasteiger partial charge in [0.1, 0.15) is 0 Å². The number of halogens is 1. The van der Waals surface area contributed by atoms with E-state index >= 15 is 0 Å². The third-order valence-electron chi connectivity index (χ3n) is 5.40. The van der Waals surface area contributed by atoms with Gasteiger partial charge in [-0.3, -0.25) is 9.98 Å². The second-order valence-electron chi connectivity index (χ2n) is 7.72. The number of benzene rings is 2. The molecule has 2 N–H and O–H groups in total. The molecule has 2 aromatic carbocycles. The molecule has 0 amide bonds. The van der Waals surface area contributed by atoms with Gasteiger partial charge in [-0.15, -0.1) is 0 Å². The molecule has 0 aromatic heterocycles. The Kier molecular flexibility index (Phi) is 10.2. The fourth-order valence-electron chi connectivity index (χ4n) is 3.37. The van der Waals surface area contributed by atoms with Crippen LogP contribution in [0.15, 0.2) is 88.8 Å². The van der Waals surface area contributed by atoms with Gasteiger partial charge >= 0.3 is 0 Å². The Bertz CT molecular complexity index is 1140. The summed E-state index contributed by atoms with van der Waals surface area (Å²) in [5.41, 5.74) is 7.29. The second-order valence-corrected chi connectivity index (χ2v) is 8.10. The number of anilines is 1. The number of aliphatic imine (C=N–C) groups is 2. The molecule has 0 bridgehead atoms. The van der Waals surface area contributed by atoms with Gasteiger partial charge in [-0.1, -0.05) is 36.4 Å². The van der Waals surface area contributed by atoms with Crippen molar-refractivity contribution in [2.45, 2.75) is 20.3 Å². The molecule has 0 aliphatic rings. The summed E-state index contributed by atoms with van der Waals surface area (Å²) in [5.74, 6) is 0. The normalized spacial score (nSPS) is 12.2. The molecule has 0 atom stereocenters. The lowest BCUT2D eigenvalue weighted by Gasteiger charge is -2.22. The van der Waals surface area contributed by atoms with Crippen LogP contribution in [0.2, 0.25) is 0 Å². The second kappa shape index (κ2) is 13.1. The Labute approximate surface area is 208 Å². The number of rotatable bonds is 12. The van der Waals surface area contributed by atoms with Crippen LogP contribution < -0.4 is 5.32 Å². The van der Waals surface area contributed by atoms with E-state index in [0.29, 0.717) is 11.5 Å². The number of likely N-dealkylation sites (N-methyl/N-ethyl adjacent to an activating group) is 1. The van der Waals surface area contributed by atoms with Crippen molar-refractivity contribution in [1.82, 2.24) is 4.90 Å². The minimum atomic E-state index is 0.643. The van der Waals surface area contributed by atoms with Gasteiger partial charge in [0, 0.05) is 42.3 Å². The Morgan fingerprint density at radius 2 is 1.88 bits per heavy atom. The van der Waals surface area contributed by atoms with E-state index < -0.39 is 0 Å². The summed E-state index contributed by atoms with van der Waals surface area (Å²) >= 11 is 6.88. The molecule has 176 valence electrons. The number of nitrogens with zero attached hydrogens (tertiary/aromatic N) is 3. The first kappa shape index (κ1) is 26.6. The SMILES string of the molecule is C=N/C=C(/C(=C)c1ccc(N=C)c(/C(Cl)=C(\C)Cc2ccc(N/C=C\C=N)cc2)c1)N(C)CC. The molecule has 0 fully saturated rings. The average Bonchev–Trinajstić information content (AvgIpc) is 2.86. The van der Waals surface area contributed by atoms with Crippen molar-refractivity contribution in [3.8, 4) is 0 Å². The van der Waals surface area contributed by atoms with Crippen molar-refractivity contribution in [3.63, 3.8) is 0 Å². The van der Waals surface area contributed by atoms with Gasteiger partial charge in [-0.2, -0.15) is 0 Å². The van der Waals surface area contributed by atoms with Gasteiger partial charge in [0.2, 0.25) is 0 Å². The van der Waals surface area contributed by atoms with E-state index in [4.69, 9.17) is 17.0 Å². The number of hydrogen-bond acceptors (Lipinski definition) is 5. The summed E-state index contributed by atoms with van der Waals surface area (Å²) in [6, 6.07) is 14.0. The third-order valence-corrected chi connectivity index (χ3v) is 5.93. The summed E-state index contributed by atoms with van der Waals surface area (Å²) in [4.78, 5) is 10.2. The molecule has 0 spiro atoms. The van der Waals surface area contributed by atoms with E-state index in [1.807, 2.05) is 44.3 Å². The van der Waals surface area contributed by atoms with Crippen LogP contribution in [0.4, 0.5) is 11.4 Å². The standard InChI is InChI=1S/C28H32ClN5/c1-7-34(6)27(19-31-4)21(3)23-11-14-26(32-5)25(18-23)28(29)20(2)17-22-9-12-24(13-10-22)33-16-8-15-30/h8-16,18-19,30,33H,3-5,7,17H2,1-2,6H3/b16-8-,27-19-,28-20-,30-15?. The molecule has 0 saturated heterocycles. The van der Waals surface area contributed by atoms with Crippen molar-refractivity contribution in [2.24, 2.45) is 9.98 Å². The van der Waals surface area contributed by atoms with Gasteiger partial charge in [0.25, 0.3) is 0 Å². The maximum atomic E-state index is 7.03. The van der Waals surface area contributed by atoms with Gasteiger partial charge < -0.3 is 15.6 Å². The van der Waals surface area contributed by atoms with E-state index in [9.17, 15) is 0 Å². The molecule has 0 heterocycles. The van der Waals surface area contributed by atoms with Gasteiger partial charge in [0.05, 0.1) is 17.6 Å². The van der Waals surface area contributed by atoms with E-state index in [0.717, 1.165) is 51.5 Å². The zero-order chi connectivity index (χ0) is 25.1. The van der Waals surface area contributed by atoms with Crippen molar-refractivity contribution >= 4 is 53.2 Å². The molecule has 0 unspecified atom stereocenters. The molecule has 34 heavy (non-hydrogen) atoms. The number of hydrogen-bond donors (Lipinski definition) is 2. The molecule has 2 rings (SSSR count). The van der Waals surface area contributed by atoms with Gasteiger partial charge in [-0.05, 0) is 86.3 Å². The first-order valence-corrected chi connectivity index (χ1v) is 11.3. The summed E-state index contributed by atoms with van der Waals surface area (Å²) < 4.78 is 0. The highest BCUT2D eigenvalue weighted by Crippen LogP contribution is 2.36. The zero-order valence-electron chi connectivity index (χ0n) is 20.1. The van der Waals surface area contributed by atoms with Crippen LogP contribution in [0.25, 0.3) is 10.6 Å². The molecule has 2 aromatic rings. The topological polar surface area (TPSA) is 63.8 Å². The Morgan fingerprint density at radius 1 is 1.18 bits per heavy atom. The molecule has 0 aliphatic heterocycles. The van der Waals surface area contributed by atoms with E-state index in [1.165, 1.54) is 6.21 Å². The fraction of sp³-hybridized carbons (Fsp3) is 0.179. The molecule has 0 radical (unpaired) electrons. The molecule has 6 heteroatoms. The zero-order valence-corrected chi connectivity index (χ0v) is 20.9. The average molecular weight is 474 g/mol. The van der Waals surface area contributed by atoms with Crippen molar-refractivity contribution < 1.29 is 0 Å². The minimum absolute atomic E-state index is 0.643. The number of nitrogens with one attached hydrogen (secondary N) is 2. The Balaban J connectivity index is 2.37. The maximum Gasteiger partial charge on any atom is 0.0710 e. The summed E-state index contributed by atoms with van der Waals surface area (Å²) in [6.07, 6.45) is 6.98. The minimum Gasteiger partial charge on any atom is -0.373 e. The molecule has 0 saturated carbocycles. The monoisotopic (exact) mass is 473 g/mol. The van der Waals surface area contributed by atoms with Crippen molar-refractivity contribution in [2.75, 3.05) is 18.9 Å². The van der Waals surface area contributed by atoms with Crippen molar-refractivity contribution in [3.05, 3.63) is 95.5 Å². The lowest BCUT2D eigenvalue weighted by atomic mass is 9.97. The van der Waals surface area contributed by atoms with Crippen LogP contribution in [0.1, 0.15) is 30.5 Å². The summed E-state index contributed by atoms with van der Waals surface area (Å²) in [6.45, 7) is 16.5. The van der Waals surface area contributed by atoms with Crippen LogP contribution >= 0.6 is 11.6 Å². The largest absolute Gasteiger partial charge is 0.373 e. The smallest absolute Gasteiger partial charge is 0.0710 e. The first-order chi connectivity index (χ1) is 16.4. The van der Waals surface area contributed by atoms with Gasteiger partial charge in [0.15, 0.2) is 0 Å². The lowest BCUT2D eigenvalue weighted by molar-refractivity contribution is 0.459. The van der Waals surface area contributed by atoms with E-state index in [2.05, 4.69) is 59.3 Å². The molecular weight excluding hydrogens is 442 g/mol. The highest BCUT2D eigenvalue weighted by Gasteiger charge is 2.15. The summed E-state index contributed by atoms with van der Waals surface area (Å²) in [5, 5.41) is 10.8. The highest BCUT2D eigenvalue weighted by molar-refractivity contribution is 6.49. The fourth-order valence-corrected chi connectivity index (χ4v) is 3.59. The van der Waals surface area contributed by atoms with Crippen LogP contribution in [-0.4, -0.2) is 38.1 Å². The third kappa shape index (κ3) is 6.90. The predicted molar refractivity (Wildman–Crippen MR) is 151 cm³/mol.